The summed E-state index contributed by atoms with van der Waals surface area (Å²) in [6.07, 6.45) is 3.34. The highest BCUT2D eigenvalue weighted by Gasteiger charge is 2.25. The van der Waals surface area contributed by atoms with Gasteiger partial charge in [0.2, 0.25) is 0 Å². The van der Waals surface area contributed by atoms with Gasteiger partial charge in [0.25, 0.3) is 0 Å². The van der Waals surface area contributed by atoms with E-state index in [0.717, 1.165) is 28.8 Å². The first-order valence-electron chi connectivity index (χ1n) is 6.79. The summed E-state index contributed by atoms with van der Waals surface area (Å²) in [6, 6.07) is 0. The monoisotopic (exact) mass is 268 g/mol. The van der Waals surface area contributed by atoms with Gasteiger partial charge >= 0.3 is 0 Å². The van der Waals surface area contributed by atoms with E-state index in [2.05, 4.69) is 23.7 Å². The lowest BCUT2D eigenvalue weighted by Gasteiger charge is -2.22. The van der Waals surface area contributed by atoms with Gasteiger partial charge in [-0.25, -0.2) is 4.98 Å². The van der Waals surface area contributed by atoms with E-state index in [-0.39, 0.29) is 0 Å². The third-order valence-electron chi connectivity index (χ3n) is 3.81. The van der Waals surface area contributed by atoms with Gasteiger partial charge in [0.1, 0.15) is 0 Å². The standard InChI is InChI=1S/C14H24N2OS/c1-10-12(11(2)17)18-13(15-10)16-8-5-6-14(3,4)7-9-16/h11,17H,5-9H2,1-4H3. The van der Waals surface area contributed by atoms with Crippen LogP contribution in [0.1, 0.15) is 56.7 Å². The van der Waals surface area contributed by atoms with Gasteiger partial charge in [0.15, 0.2) is 5.13 Å². The van der Waals surface area contributed by atoms with Crippen molar-refractivity contribution < 1.29 is 5.11 Å². The largest absolute Gasteiger partial charge is 0.388 e. The van der Waals surface area contributed by atoms with Gasteiger partial charge in [-0.1, -0.05) is 25.2 Å². The molecule has 0 bridgehead atoms. The van der Waals surface area contributed by atoms with Crippen LogP contribution in [0.2, 0.25) is 0 Å². The Labute approximate surface area is 114 Å². The maximum absolute atomic E-state index is 9.71. The molecule has 2 rings (SSSR count). The highest BCUT2D eigenvalue weighted by atomic mass is 32.1. The van der Waals surface area contributed by atoms with Gasteiger partial charge in [-0.05, 0) is 38.5 Å². The molecule has 18 heavy (non-hydrogen) atoms. The molecule has 0 saturated carbocycles. The molecular weight excluding hydrogens is 244 g/mol. The van der Waals surface area contributed by atoms with Crippen LogP contribution in [0, 0.1) is 12.3 Å². The average molecular weight is 268 g/mol. The molecule has 1 aromatic rings. The highest BCUT2D eigenvalue weighted by Crippen LogP contribution is 2.35. The predicted octanol–water partition coefficient (Wildman–Crippen LogP) is 3.52. The molecule has 2 heterocycles. The van der Waals surface area contributed by atoms with Crippen LogP contribution >= 0.6 is 11.3 Å². The zero-order valence-corrected chi connectivity index (χ0v) is 12.7. The Morgan fingerprint density at radius 3 is 2.67 bits per heavy atom. The SMILES string of the molecule is Cc1nc(N2CCCC(C)(C)CC2)sc1C(C)O. The Morgan fingerprint density at radius 1 is 1.33 bits per heavy atom. The second-order valence-corrected chi connectivity index (χ2v) is 7.14. The van der Waals surface area contributed by atoms with Crippen molar-refractivity contribution in [2.24, 2.45) is 5.41 Å². The second kappa shape index (κ2) is 5.17. The van der Waals surface area contributed by atoms with Crippen LogP contribution in [0.4, 0.5) is 5.13 Å². The predicted molar refractivity (Wildman–Crippen MR) is 77.3 cm³/mol. The molecule has 1 aliphatic rings. The number of nitrogens with zero attached hydrogens (tertiary/aromatic N) is 2. The number of aromatic nitrogens is 1. The van der Waals surface area contributed by atoms with Crippen LogP contribution in [0.15, 0.2) is 0 Å². The maximum atomic E-state index is 9.71. The molecule has 1 N–H and O–H groups in total. The van der Waals surface area contributed by atoms with Crippen molar-refractivity contribution in [2.45, 2.75) is 53.1 Å². The molecule has 1 aliphatic heterocycles. The highest BCUT2D eigenvalue weighted by molar-refractivity contribution is 7.15. The quantitative estimate of drug-likeness (QED) is 0.891. The molecular formula is C14H24N2OS. The van der Waals surface area contributed by atoms with Crippen molar-refractivity contribution in [3.8, 4) is 0 Å². The Balaban J connectivity index is 2.14. The van der Waals surface area contributed by atoms with Crippen molar-refractivity contribution >= 4 is 16.5 Å². The topological polar surface area (TPSA) is 36.4 Å². The first-order chi connectivity index (χ1) is 8.39. The van der Waals surface area contributed by atoms with E-state index < -0.39 is 6.10 Å². The third kappa shape index (κ3) is 3.04. The first-order valence-corrected chi connectivity index (χ1v) is 7.61. The fourth-order valence-electron chi connectivity index (χ4n) is 2.53. The minimum absolute atomic E-state index is 0.403. The number of hydrogen-bond donors (Lipinski definition) is 1. The van der Waals surface area contributed by atoms with Crippen LogP contribution in [0.25, 0.3) is 0 Å². The Hall–Kier alpha value is -0.610. The van der Waals surface area contributed by atoms with E-state index in [0.29, 0.717) is 5.41 Å². The lowest BCUT2D eigenvalue weighted by molar-refractivity contribution is 0.202. The molecule has 102 valence electrons. The Morgan fingerprint density at radius 2 is 2.06 bits per heavy atom. The molecule has 0 aromatic carbocycles. The van der Waals surface area contributed by atoms with E-state index in [1.54, 1.807) is 11.3 Å². The van der Waals surface area contributed by atoms with Crippen LogP contribution in [-0.4, -0.2) is 23.2 Å². The van der Waals surface area contributed by atoms with Gasteiger partial charge in [0, 0.05) is 13.1 Å². The minimum atomic E-state index is -0.403. The molecule has 4 heteroatoms. The van der Waals surface area contributed by atoms with E-state index >= 15 is 0 Å². The summed E-state index contributed by atoms with van der Waals surface area (Å²) in [5.41, 5.74) is 1.43. The van der Waals surface area contributed by atoms with Gasteiger partial charge in [-0.2, -0.15) is 0 Å². The molecule has 0 spiro atoms. The van der Waals surface area contributed by atoms with E-state index in [9.17, 15) is 5.11 Å². The van der Waals surface area contributed by atoms with Crippen LogP contribution in [0.5, 0.6) is 0 Å². The molecule has 1 aromatic heterocycles. The molecule has 1 unspecified atom stereocenters. The number of aliphatic hydroxyl groups is 1. The van der Waals surface area contributed by atoms with Crippen molar-refractivity contribution in [1.82, 2.24) is 4.98 Å². The van der Waals surface area contributed by atoms with E-state index in [1.807, 2.05) is 13.8 Å². The molecule has 1 saturated heterocycles. The first kappa shape index (κ1) is 13.8. The van der Waals surface area contributed by atoms with Crippen LogP contribution < -0.4 is 4.90 Å². The maximum Gasteiger partial charge on any atom is 0.185 e. The lowest BCUT2D eigenvalue weighted by atomic mass is 9.85. The van der Waals surface area contributed by atoms with Gasteiger partial charge in [-0.15, -0.1) is 0 Å². The third-order valence-corrected chi connectivity index (χ3v) is 5.20. The summed E-state index contributed by atoms with van der Waals surface area (Å²) in [6.45, 7) is 10.7. The second-order valence-electron chi connectivity index (χ2n) is 6.13. The average Bonchev–Trinajstić information content (AvgIpc) is 2.55. The number of hydrogen-bond acceptors (Lipinski definition) is 4. The minimum Gasteiger partial charge on any atom is -0.388 e. The Bertz CT molecular complexity index is 412. The normalized spacial score (nSPS) is 21.7. The number of aliphatic hydroxyl groups excluding tert-OH is 1. The summed E-state index contributed by atoms with van der Waals surface area (Å²) in [4.78, 5) is 8.02. The molecule has 3 nitrogen and oxygen atoms in total. The number of anilines is 1. The van der Waals surface area contributed by atoms with Crippen molar-refractivity contribution in [3.63, 3.8) is 0 Å². The molecule has 0 amide bonds. The lowest BCUT2D eigenvalue weighted by Crippen LogP contribution is -2.24. The van der Waals surface area contributed by atoms with Crippen molar-refractivity contribution in [1.29, 1.82) is 0 Å². The number of rotatable bonds is 2. The fourth-order valence-corrected chi connectivity index (χ4v) is 3.59. The van der Waals surface area contributed by atoms with Crippen LogP contribution in [0.3, 0.4) is 0 Å². The zero-order chi connectivity index (χ0) is 13.3. The smallest absolute Gasteiger partial charge is 0.185 e. The summed E-state index contributed by atoms with van der Waals surface area (Å²) in [5.74, 6) is 0. The molecule has 0 radical (unpaired) electrons. The van der Waals surface area contributed by atoms with Crippen LogP contribution in [-0.2, 0) is 0 Å². The van der Waals surface area contributed by atoms with E-state index in [1.165, 1.54) is 19.3 Å². The van der Waals surface area contributed by atoms with Crippen molar-refractivity contribution in [2.75, 3.05) is 18.0 Å². The molecule has 1 fully saturated rings. The van der Waals surface area contributed by atoms with Gasteiger partial charge in [-0.3, -0.25) is 0 Å². The van der Waals surface area contributed by atoms with E-state index in [4.69, 9.17) is 0 Å². The molecule has 0 aliphatic carbocycles. The number of thiazole rings is 1. The summed E-state index contributed by atoms with van der Waals surface area (Å²) in [5, 5.41) is 10.8. The summed E-state index contributed by atoms with van der Waals surface area (Å²) in [7, 11) is 0. The number of aryl methyl sites for hydroxylation is 1. The summed E-state index contributed by atoms with van der Waals surface area (Å²) < 4.78 is 0. The summed E-state index contributed by atoms with van der Waals surface area (Å²) >= 11 is 1.65. The van der Waals surface area contributed by atoms with Gasteiger partial charge in [0.05, 0.1) is 16.7 Å². The zero-order valence-electron chi connectivity index (χ0n) is 11.9. The Kier molecular flexibility index (Phi) is 3.97. The molecule has 1 atom stereocenters. The van der Waals surface area contributed by atoms with Gasteiger partial charge < -0.3 is 10.0 Å². The fraction of sp³-hybridized carbons (Fsp3) is 0.786. The van der Waals surface area contributed by atoms with Crippen molar-refractivity contribution in [3.05, 3.63) is 10.6 Å².